The van der Waals surface area contributed by atoms with Crippen LogP contribution in [-0.2, 0) is 9.53 Å². The molecule has 2 N–H and O–H groups in total. The monoisotopic (exact) mass is 370 g/mol. The highest BCUT2D eigenvalue weighted by molar-refractivity contribution is 6.02. The SMILES string of the molecule is C[C@H](OC(=O)c1ccc(NC(=O)c2ccco2)cc1)C(=O)NC1CCCC1. The zero-order valence-electron chi connectivity index (χ0n) is 15.1. The molecule has 0 aliphatic heterocycles. The van der Waals surface area contributed by atoms with Gasteiger partial charge in [0, 0.05) is 11.7 Å². The predicted octanol–water partition coefficient (Wildman–Crippen LogP) is 3.14. The first kappa shape index (κ1) is 18.7. The minimum absolute atomic E-state index is 0.177. The molecule has 7 nitrogen and oxygen atoms in total. The van der Waals surface area contributed by atoms with Crippen molar-refractivity contribution in [3.05, 3.63) is 54.0 Å². The van der Waals surface area contributed by atoms with Crippen LogP contribution in [0.15, 0.2) is 47.1 Å². The summed E-state index contributed by atoms with van der Waals surface area (Å²) in [7, 11) is 0. The molecule has 1 fully saturated rings. The summed E-state index contributed by atoms with van der Waals surface area (Å²) in [5.74, 6) is -1.06. The highest BCUT2D eigenvalue weighted by atomic mass is 16.5. The van der Waals surface area contributed by atoms with Crippen LogP contribution >= 0.6 is 0 Å². The molecule has 3 rings (SSSR count). The molecule has 1 aliphatic carbocycles. The lowest BCUT2D eigenvalue weighted by atomic mass is 10.2. The molecule has 1 aromatic carbocycles. The minimum Gasteiger partial charge on any atom is -0.459 e. The summed E-state index contributed by atoms with van der Waals surface area (Å²) in [6.45, 7) is 1.56. The van der Waals surface area contributed by atoms with E-state index in [9.17, 15) is 14.4 Å². The van der Waals surface area contributed by atoms with E-state index in [-0.39, 0.29) is 23.6 Å². The molecule has 1 aromatic heterocycles. The third-order valence-electron chi connectivity index (χ3n) is 4.48. The van der Waals surface area contributed by atoms with Gasteiger partial charge in [-0.2, -0.15) is 0 Å². The summed E-state index contributed by atoms with van der Waals surface area (Å²) in [5, 5.41) is 5.57. The summed E-state index contributed by atoms with van der Waals surface area (Å²) >= 11 is 0. The summed E-state index contributed by atoms with van der Waals surface area (Å²) in [4.78, 5) is 36.2. The van der Waals surface area contributed by atoms with Crippen molar-refractivity contribution in [2.24, 2.45) is 0 Å². The van der Waals surface area contributed by atoms with E-state index in [1.54, 1.807) is 31.2 Å². The van der Waals surface area contributed by atoms with Crippen LogP contribution in [0.1, 0.15) is 53.5 Å². The number of esters is 1. The van der Waals surface area contributed by atoms with Gasteiger partial charge in [-0.15, -0.1) is 0 Å². The third-order valence-corrected chi connectivity index (χ3v) is 4.48. The second-order valence-corrected chi connectivity index (χ2v) is 6.55. The summed E-state index contributed by atoms with van der Waals surface area (Å²) in [6.07, 6.45) is 4.72. The Hall–Kier alpha value is -3.09. The fraction of sp³-hybridized carbons (Fsp3) is 0.350. The smallest absolute Gasteiger partial charge is 0.338 e. The number of benzene rings is 1. The van der Waals surface area contributed by atoms with E-state index in [4.69, 9.17) is 9.15 Å². The van der Waals surface area contributed by atoms with Crippen molar-refractivity contribution < 1.29 is 23.5 Å². The van der Waals surface area contributed by atoms with E-state index in [2.05, 4.69) is 10.6 Å². The number of furan rings is 1. The standard InChI is InChI=1S/C20H22N2O5/c1-13(18(23)21-15-5-2-3-6-15)27-20(25)14-8-10-16(11-9-14)22-19(24)17-7-4-12-26-17/h4,7-13,15H,2-3,5-6H2,1H3,(H,21,23)(H,22,24)/t13-/m0/s1. The molecular formula is C20H22N2O5. The van der Waals surface area contributed by atoms with Crippen LogP contribution in [0, 0.1) is 0 Å². The predicted molar refractivity (Wildman–Crippen MR) is 98.4 cm³/mol. The zero-order valence-corrected chi connectivity index (χ0v) is 15.1. The summed E-state index contributed by atoms with van der Waals surface area (Å²) in [6, 6.07) is 9.58. The van der Waals surface area contributed by atoms with Gasteiger partial charge in [-0.05, 0) is 56.2 Å². The Labute approximate surface area is 157 Å². The van der Waals surface area contributed by atoms with Gasteiger partial charge in [-0.1, -0.05) is 12.8 Å². The molecule has 1 heterocycles. The number of rotatable bonds is 6. The third kappa shape index (κ3) is 4.97. The number of hydrogen-bond donors (Lipinski definition) is 2. The van der Waals surface area contributed by atoms with Gasteiger partial charge in [-0.3, -0.25) is 9.59 Å². The van der Waals surface area contributed by atoms with Crippen molar-refractivity contribution in [1.82, 2.24) is 5.32 Å². The molecular weight excluding hydrogens is 348 g/mol. The lowest BCUT2D eigenvalue weighted by Crippen LogP contribution is -2.40. The quantitative estimate of drug-likeness (QED) is 0.762. The molecule has 0 saturated heterocycles. The first-order valence-corrected chi connectivity index (χ1v) is 8.99. The molecule has 2 aromatic rings. The maximum absolute atomic E-state index is 12.2. The van der Waals surface area contributed by atoms with Crippen molar-refractivity contribution in [3.63, 3.8) is 0 Å². The summed E-state index contributed by atoms with van der Waals surface area (Å²) < 4.78 is 10.3. The molecule has 0 unspecified atom stereocenters. The molecule has 0 bridgehead atoms. The van der Waals surface area contributed by atoms with Crippen LogP contribution in [0.5, 0.6) is 0 Å². The van der Waals surface area contributed by atoms with Crippen molar-refractivity contribution >= 4 is 23.5 Å². The Bertz CT molecular complexity index is 792. The van der Waals surface area contributed by atoms with Crippen LogP contribution in [-0.4, -0.2) is 29.9 Å². The Morgan fingerprint density at radius 3 is 2.44 bits per heavy atom. The van der Waals surface area contributed by atoms with Gasteiger partial charge in [0.1, 0.15) is 0 Å². The van der Waals surface area contributed by atoms with Crippen LogP contribution in [0.4, 0.5) is 5.69 Å². The van der Waals surface area contributed by atoms with Crippen LogP contribution in [0.3, 0.4) is 0 Å². The molecule has 2 amide bonds. The lowest BCUT2D eigenvalue weighted by Gasteiger charge is -2.17. The fourth-order valence-electron chi connectivity index (χ4n) is 2.96. The second-order valence-electron chi connectivity index (χ2n) is 6.55. The highest BCUT2D eigenvalue weighted by Crippen LogP contribution is 2.18. The highest BCUT2D eigenvalue weighted by Gasteiger charge is 2.23. The number of carbonyl (C=O) groups is 3. The molecule has 1 aliphatic rings. The van der Waals surface area contributed by atoms with Gasteiger partial charge in [0.05, 0.1) is 11.8 Å². The van der Waals surface area contributed by atoms with Gasteiger partial charge < -0.3 is 19.8 Å². The topological polar surface area (TPSA) is 97.6 Å². The van der Waals surface area contributed by atoms with Gasteiger partial charge >= 0.3 is 5.97 Å². The molecule has 0 spiro atoms. The molecule has 27 heavy (non-hydrogen) atoms. The average Bonchev–Trinajstić information content (AvgIpc) is 3.36. The number of nitrogens with one attached hydrogen (secondary N) is 2. The molecule has 0 radical (unpaired) electrons. The first-order valence-electron chi connectivity index (χ1n) is 8.99. The molecule has 1 atom stereocenters. The van der Waals surface area contributed by atoms with Crippen molar-refractivity contribution in [1.29, 1.82) is 0 Å². The average molecular weight is 370 g/mol. The van der Waals surface area contributed by atoms with Crippen LogP contribution in [0.25, 0.3) is 0 Å². The van der Waals surface area contributed by atoms with Gasteiger partial charge in [0.15, 0.2) is 11.9 Å². The molecule has 1 saturated carbocycles. The number of ether oxygens (including phenoxy) is 1. The normalized spacial score (nSPS) is 15.1. The van der Waals surface area contributed by atoms with Gasteiger partial charge in [-0.25, -0.2) is 4.79 Å². The second kappa shape index (κ2) is 8.53. The van der Waals surface area contributed by atoms with Crippen molar-refractivity contribution in [2.45, 2.75) is 44.8 Å². The molecule has 7 heteroatoms. The zero-order chi connectivity index (χ0) is 19.2. The van der Waals surface area contributed by atoms with Crippen molar-refractivity contribution in [3.8, 4) is 0 Å². The Balaban J connectivity index is 1.52. The van der Waals surface area contributed by atoms with E-state index in [1.165, 1.54) is 18.4 Å². The fourth-order valence-corrected chi connectivity index (χ4v) is 2.96. The van der Waals surface area contributed by atoms with Gasteiger partial charge in [0.2, 0.25) is 0 Å². The maximum Gasteiger partial charge on any atom is 0.338 e. The number of hydrogen-bond acceptors (Lipinski definition) is 5. The lowest BCUT2D eigenvalue weighted by molar-refractivity contribution is -0.129. The van der Waals surface area contributed by atoms with Crippen LogP contribution < -0.4 is 10.6 Å². The van der Waals surface area contributed by atoms with E-state index in [0.29, 0.717) is 11.3 Å². The summed E-state index contributed by atoms with van der Waals surface area (Å²) in [5.41, 5.74) is 0.812. The Morgan fingerprint density at radius 1 is 1.11 bits per heavy atom. The van der Waals surface area contributed by atoms with Crippen LogP contribution in [0.2, 0.25) is 0 Å². The minimum atomic E-state index is -0.864. The largest absolute Gasteiger partial charge is 0.459 e. The Kier molecular flexibility index (Phi) is 5.90. The first-order chi connectivity index (χ1) is 13.0. The number of amides is 2. The van der Waals surface area contributed by atoms with Crippen molar-refractivity contribution in [2.75, 3.05) is 5.32 Å². The van der Waals surface area contributed by atoms with Gasteiger partial charge in [0.25, 0.3) is 11.8 Å². The number of carbonyl (C=O) groups excluding carboxylic acids is 3. The van der Waals surface area contributed by atoms with E-state index in [1.807, 2.05) is 0 Å². The maximum atomic E-state index is 12.2. The Morgan fingerprint density at radius 2 is 1.81 bits per heavy atom. The van der Waals surface area contributed by atoms with E-state index in [0.717, 1.165) is 25.7 Å². The molecule has 142 valence electrons. The van der Waals surface area contributed by atoms with E-state index >= 15 is 0 Å². The number of anilines is 1. The van der Waals surface area contributed by atoms with E-state index < -0.39 is 12.1 Å².